The Morgan fingerprint density at radius 2 is 1.62 bits per heavy atom. The predicted molar refractivity (Wildman–Crippen MR) is 93.4 cm³/mol. The van der Waals surface area contributed by atoms with Gasteiger partial charge in [0.05, 0.1) is 0 Å². The first-order chi connectivity index (χ1) is 10.2. The minimum absolute atomic E-state index is 0.947. The van der Waals surface area contributed by atoms with Crippen molar-refractivity contribution in [3.05, 3.63) is 69.7 Å². The third-order valence-corrected chi connectivity index (χ3v) is 4.31. The van der Waals surface area contributed by atoms with E-state index in [1.165, 1.54) is 21.2 Å². The minimum atomic E-state index is 0.947. The molecule has 0 aliphatic carbocycles. The molecule has 0 fully saturated rings. The molecule has 2 aromatic carbocycles. The summed E-state index contributed by atoms with van der Waals surface area (Å²) in [6.07, 6.45) is 1.09. The van der Waals surface area contributed by atoms with Crippen LogP contribution < -0.4 is 5.32 Å². The first-order valence-electron chi connectivity index (χ1n) is 7.33. The highest BCUT2D eigenvalue weighted by atomic mass is 79.9. The quantitative estimate of drug-likeness (QED) is 0.819. The van der Waals surface area contributed by atoms with E-state index in [9.17, 15) is 0 Å². The van der Waals surface area contributed by atoms with Crippen molar-refractivity contribution in [2.75, 3.05) is 20.6 Å². The van der Waals surface area contributed by atoms with Crippen LogP contribution in [0.4, 0.5) is 0 Å². The standard InChI is InChI=1S/C18H23BrN2/c1-20-12-11-15-7-9-16(10-8-15)13-21(2)14-17-5-3-4-6-18(17)19/h3-10,20H,11-14H2,1-2H3. The molecule has 2 aromatic rings. The lowest BCUT2D eigenvalue weighted by Gasteiger charge is -2.18. The molecule has 0 unspecified atom stereocenters. The maximum absolute atomic E-state index is 3.61. The second kappa shape index (κ2) is 8.32. The van der Waals surface area contributed by atoms with Gasteiger partial charge in [0.2, 0.25) is 0 Å². The van der Waals surface area contributed by atoms with Crippen molar-refractivity contribution >= 4 is 15.9 Å². The summed E-state index contributed by atoms with van der Waals surface area (Å²) in [4.78, 5) is 2.34. The molecule has 3 heteroatoms. The molecule has 21 heavy (non-hydrogen) atoms. The van der Waals surface area contributed by atoms with Gasteiger partial charge in [0, 0.05) is 17.6 Å². The van der Waals surface area contributed by atoms with Crippen LogP contribution in [0.1, 0.15) is 16.7 Å². The zero-order valence-electron chi connectivity index (χ0n) is 12.8. The van der Waals surface area contributed by atoms with Crippen LogP contribution in [0.5, 0.6) is 0 Å². The lowest BCUT2D eigenvalue weighted by Crippen LogP contribution is -2.17. The molecule has 0 aliphatic rings. The molecule has 0 atom stereocenters. The Labute approximate surface area is 136 Å². The molecular weight excluding hydrogens is 324 g/mol. The van der Waals surface area contributed by atoms with Crippen LogP contribution in [0.15, 0.2) is 53.0 Å². The van der Waals surface area contributed by atoms with E-state index < -0.39 is 0 Å². The molecule has 0 spiro atoms. The number of likely N-dealkylation sites (N-methyl/N-ethyl adjacent to an activating group) is 1. The van der Waals surface area contributed by atoms with Crippen molar-refractivity contribution in [2.45, 2.75) is 19.5 Å². The highest BCUT2D eigenvalue weighted by Crippen LogP contribution is 2.18. The van der Waals surface area contributed by atoms with Gasteiger partial charge in [0.1, 0.15) is 0 Å². The van der Waals surface area contributed by atoms with E-state index in [0.717, 1.165) is 26.1 Å². The monoisotopic (exact) mass is 346 g/mol. The smallest absolute Gasteiger partial charge is 0.0245 e. The number of halogens is 1. The summed E-state index contributed by atoms with van der Waals surface area (Å²) in [5, 5.41) is 3.18. The highest BCUT2D eigenvalue weighted by Gasteiger charge is 2.04. The first-order valence-corrected chi connectivity index (χ1v) is 8.12. The van der Waals surface area contributed by atoms with Gasteiger partial charge < -0.3 is 5.32 Å². The average molecular weight is 347 g/mol. The number of hydrogen-bond acceptors (Lipinski definition) is 2. The molecule has 0 aromatic heterocycles. The molecule has 2 nitrogen and oxygen atoms in total. The summed E-state index contributed by atoms with van der Waals surface area (Å²) in [5.41, 5.74) is 4.07. The van der Waals surface area contributed by atoms with Gasteiger partial charge in [0.15, 0.2) is 0 Å². The van der Waals surface area contributed by atoms with Crippen LogP contribution in [0, 0.1) is 0 Å². The number of hydrogen-bond donors (Lipinski definition) is 1. The Morgan fingerprint density at radius 1 is 0.952 bits per heavy atom. The third kappa shape index (κ3) is 5.27. The van der Waals surface area contributed by atoms with Crippen LogP contribution in [0.3, 0.4) is 0 Å². The van der Waals surface area contributed by atoms with E-state index in [4.69, 9.17) is 0 Å². The lowest BCUT2D eigenvalue weighted by atomic mass is 10.1. The fourth-order valence-corrected chi connectivity index (χ4v) is 2.78. The molecule has 0 amide bonds. The molecular formula is C18H23BrN2. The molecule has 0 heterocycles. The average Bonchev–Trinajstić information content (AvgIpc) is 2.49. The largest absolute Gasteiger partial charge is 0.319 e. The number of nitrogens with one attached hydrogen (secondary N) is 1. The molecule has 1 N–H and O–H groups in total. The van der Waals surface area contributed by atoms with E-state index in [1.54, 1.807) is 0 Å². The van der Waals surface area contributed by atoms with Gasteiger partial charge in [-0.3, -0.25) is 4.90 Å². The maximum Gasteiger partial charge on any atom is 0.0245 e. The van der Waals surface area contributed by atoms with Crippen LogP contribution in [-0.4, -0.2) is 25.5 Å². The van der Waals surface area contributed by atoms with Crippen LogP contribution in [0.25, 0.3) is 0 Å². The van der Waals surface area contributed by atoms with Crippen molar-refractivity contribution in [2.24, 2.45) is 0 Å². The second-order valence-corrected chi connectivity index (χ2v) is 6.29. The summed E-state index contributed by atoms with van der Waals surface area (Å²) >= 11 is 3.61. The predicted octanol–water partition coefficient (Wildman–Crippen LogP) is 3.84. The Bertz CT molecular complexity index is 551. The molecule has 2 rings (SSSR count). The highest BCUT2D eigenvalue weighted by molar-refractivity contribution is 9.10. The summed E-state index contributed by atoms with van der Waals surface area (Å²) in [5.74, 6) is 0. The van der Waals surface area contributed by atoms with Gasteiger partial charge in [0.25, 0.3) is 0 Å². The molecule has 0 radical (unpaired) electrons. The molecule has 0 saturated carbocycles. The maximum atomic E-state index is 3.61. The van der Waals surface area contributed by atoms with E-state index in [0.29, 0.717) is 0 Å². The summed E-state index contributed by atoms with van der Waals surface area (Å²) < 4.78 is 1.18. The number of rotatable bonds is 7. The Morgan fingerprint density at radius 3 is 2.29 bits per heavy atom. The van der Waals surface area contributed by atoms with Crippen molar-refractivity contribution in [1.29, 1.82) is 0 Å². The van der Waals surface area contributed by atoms with E-state index >= 15 is 0 Å². The summed E-state index contributed by atoms with van der Waals surface area (Å²) in [7, 11) is 4.15. The van der Waals surface area contributed by atoms with E-state index in [-0.39, 0.29) is 0 Å². The number of benzene rings is 2. The van der Waals surface area contributed by atoms with Crippen molar-refractivity contribution in [3.8, 4) is 0 Å². The van der Waals surface area contributed by atoms with Crippen LogP contribution in [-0.2, 0) is 19.5 Å². The van der Waals surface area contributed by atoms with Crippen LogP contribution in [0.2, 0.25) is 0 Å². The zero-order chi connectivity index (χ0) is 15.1. The topological polar surface area (TPSA) is 15.3 Å². The second-order valence-electron chi connectivity index (χ2n) is 5.43. The minimum Gasteiger partial charge on any atom is -0.319 e. The summed E-state index contributed by atoms with van der Waals surface area (Å²) in [6, 6.07) is 17.4. The first kappa shape index (κ1) is 16.2. The van der Waals surface area contributed by atoms with Crippen molar-refractivity contribution in [1.82, 2.24) is 10.2 Å². The van der Waals surface area contributed by atoms with E-state index in [1.807, 2.05) is 7.05 Å². The number of nitrogens with zero attached hydrogens (tertiary/aromatic N) is 1. The third-order valence-electron chi connectivity index (χ3n) is 3.54. The molecule has 112 valence electrons. The Balaban J connectivity index is 1.90. The van der Waals surface area contributed by atoms with Gasteiger partial charge in [-0.25, -0.2) is 0 Å². The fourth-order valence-electron chi connectivity index (χ4n) is 2.37. The van der Waals surface area contributed by atoms with E-state index in [2.05, 4.69) is 81.7 Å². The van der Waals surface area contributed by atoms with Gasteiger partial charge in [-0.15, -0.1) is 0 Å². The van der Waals surface area contributed by atoms with Gasteiger partial charge >= 0.3 is 0 Å². The van der Waals surface area contributed by atoms with Gasteiger partial charge in [-0.05, 0) is 49.8 Å². The van der Waals surface area contributed by atoms with Gasteiger partial charge in [-0.1, -0.05) is 58.4 Å². The normalized spacial score (nSPS) is 11.0. The molecule has 0 saturated heterocycles. The Hall–Kier alpha value is -1.16. The zero-order valence-corrected chi connectivity index (χ0v) is 14.4. The van der Waals surface area contributed by atoms with Crippen molar-refractivity contribution in [3.63, 3.8) is 0 Å². The van der Waals surface area contributed by atoms with Crippen molar-refractivity contribution < 1.29 is 0 Å². The van der Waals surface area contributed by atoms with Crippen LogP contribution >= 0.6 is 15.9 Å². The SMILES string of the molecule is CNCCc1ccc(CN(C)Cc2ccccc2Br)cc1. The summed E-state index contributed by atoms with van der Waals surface area (Å²) in [6.45, 7) is 2.94. The lowest BCUT2D eigenvalue weighted by molar-refractivity contribution is 0.318. The molecule has 0 bridgehead atoms. The molecule has 0 aliphatic heterocycles. The fraction of sp³-hybridized carbons (Fsp3) is 0.333. The van der Waals surface area contributed by atoms with Gasteiger partial charge in [-0.2, -0.15) is 0 Å². The Kier molecular flexibility index (Phi) is 6.43.